The van der Waals surface area contributed by atoms with Crippen LogP contribution in [0.1, 0.15) is 343 Å². The van der Waals surface area contributed by atoms with E-state index in [1.165, 1.54) is 107 Å². The third kappa shape index (κ3) is 55.3. The van der Waals surface area contributed by atoms with Crippen molar-refractivity contribution in [2.75, 3.05) is 19.8 Å². The third-order valence-electron chi connectivity index (χ3n) is 22.9. The van der Waals surface area contributed by atoms with E-state index in [0.717, 1.165) is 187 Å². The molecule has 13 atom stereocenters. The van der Waals surface area contributed by atoms with Crippen molar-refractivity contribution in [2.45, 2.75) is 411 Å². The van der Waals surface area contributed by atoms with Crippen LogP contribution >= 0.6 is 15.6 Å². The highest BCUT2D eigenvalue weighted by Gasteiger charge is 2.55. The van der Waals surface area contributed by atoms with Gasteiger partial charge in [-0.25, -0.2) is 9.13 Å². The molecule has 2 rings (SSSR count). The quantitative estimate of drug-likeness (QED) is 0.0202. The van der Waals surface area contributed by atoms with Crippen LogP contribution in [0.4, 0.5) is 13.2 Å². The molecule has 125 heavy (non-hydrogen) atoms. The van der Waals surface area contributed by atoms with E-state index in [-0.39, 0.29) is 12.3 Å². The summed E-state index contributed by atoms with van der Waals surface area (Å²) < 4.78 is 97.3. The number of phosphoric ester groups is 2. The SMILES string of the molecule is CC(=O)N[C@H]1[C@H](O[C@H]2[C@H](O)[C@@H](NC(=O)C(F)(F)F)[C@@H](OP(=O)(O)OP(=O)(O)OCCC(C)CC/C=C(\C)CC/C=C(\C)CC/C=C(\C)CC/C=C(\C)CC/C=C(\C)CC/C=C(\C)CC/C=C(\C)CC/C=C(\C)CC/C=C(\C)CC/C=C(\C)CC/C=C(\C)CC/C=C(\C)CC/C=C(\C)CC/C=C(\C)CC/C=C(\C)CCC=C(C)C)O[C@@H]2CO)O[C@H](CO)[C@@H](O)[C@@H]1O. The highest BCUT2D eigenvalue weighted by atomic mass is 31.3. The number of aliphatic hydroxyl groups excluding tert-OH is 5. The average molecular weight is 1800 g/mol. The minimum Gasteiger partial charge on any atom is -0.394 e. The summed E-state index contributed by atoms with van der Waals surface area (Å²) in [5, 5.41) is 55.9. The van der Waals surface area contributed by atoms with Gasteiger partial charge < -0.3 is 60.2 Å². The molecule has 2 heterocycles. The molecule has 3 unspecified atom stereocenters. The van der Waals surface area contributed by atoms with Crippen molar-refractivity contribution < 1.29 is 94.8 Å². The number of ether oxygens (including phenoxy) is 3. The van der Waals surface area contributed by atoms with Crippen LogP contribution < -0.4 is 10.6 Å². The number of allylic oxidation sites excluding steroid dienone is 32. The fraction of sp³-hybridized carbons (Fsp3) is 0.663. The van der Waals surface area contributed by atoms with Gasteiger partial charge in [0.25, 0.3) is 0 Å². The molecule has 2 aliphatic rings. The van der Waals surface area contributed by atoms with Gasteiger partial charge in [-0.15, -0.1) is 0 Å². The molecule has 0 aromatic rings. The van der Waals surface area contributed by atoms with Crippen LogP contribution in [0.25, 0.3) is 0 Å². The predicted molar refractivity (Wildman–Crippen MR) is 505 cm³/mol. The molecule has 2 aliphatic heterocycles. The Bertz CT molecular complexity index is 3840. The molecule has 2 amide bonds. The number of amides is 2. The van der Waals surface area contributed by atoms with Crippen LogP contribution in [0.5, 0.6) is 0 Å². The highest BCUT2D eigenvalue weighted by Crippen LogP contribution is 2.61. The summed E-state index contributed by atoms with van der Waals surface area (Å²) in [5.74, 6) is -3.60. The number of phosphoric acid groups is 2. The Balaban J connectivity index is 1.63. The summed E-state index contributed by atoms with van der Waals surface area (Å²) in [6.45, 7) is 38.5. The number of hydrogen-bond donors (Lipinski definition) is 9. The fourth-order valence-electron chi connectivity index (χ4n) is 14.7. The lowest BCUT2D eigenvalue weighted by atomic mass is 9.94. The number of hydrogen-bond acceptors (Lipinski definition) is 15. The standard InChI is InChI=1S/C101H165F3N2O17P2/c1-72(2)36-20-37-73(3)38-21-39-74(4)40-22-41-75(5)42-23-43-76(6)44-24-45-77(7)46-25-47-78(8)48-26-49-79(9)50-27-51-80(10)52-28-53-81(11)54-29-55-82(12)56-30-57-83(13)58-31-59-84(14)60-32-61-85(15)62-33-63-86(16)64-34-65-87(17)66-35-67-88(18)68-69-118-124(114,115)123-125(116,117)122-99-93(106-100(113)101(102,103)104)96(112)97(91(71-108)120-99)121-98-92(105-89(19)109)95(111)94(110)90(70-107)119-98/h36,38,40,42,44,46,48,50,52,54,56,58,60,62,64,66,88,90-99,107-108,110-112H,20-35,37,39,41,43,45,47,49,51,53,55,57,59,61,63,65,67-71H2,1-19H3,(H,105,109)(H,106,113)(H,114,115)(H,116,117)/b73-38+,74-40+,75-42+,76-44+,77-46+,78-48+,79-50+,80-52+,81-54+,82-56+,83-58+,84-60+,85-62+,86-64+,87-66+/t88?,90-,91-,92-,93-,94-,95-,96-,97-,98+,99-/m1/s1. The molecule has 2 saturated heterocycles. The molecular weight excluding hydrogens is 1630 g/mol. The maximum atomic E-state index is 13.5. The van der Waals surface area contributed by atoms with Gasteiger partial charge in [-0.3, -0.25) is 18.6 Å². The second kappa shape index (κ2) is 64.3. The van der Waals surface area contributed by atoms with Crippen molar-refractivity contribution >= 4 is 27.5 Å². The Morgan fingerprint density at radius 2 is 0.632 bits per heavy atom. The lowest BCUT2D eigenvalue weighted by molar-refractivity contribution is -0.326. The Morgan fingerprint density at radius 1 is 0.368 bits per heavy atom. The lowest BCUT2D eigenvalue weighted by Crippen LogP contribution is -2.69. The molecule has 712 valence electrons. The van der Waals surface area contributed by atoms with E-state index in [1.807, 2.05) is 6.92 Å². The lowest BCUT2D eigenvalue weighted by Gasteiger charge is -2.48. The van der Waals surface area contributed by atoms with Crippen molar-refractivity contribution in [3.63, 3.8) is 0 Å². The minimum atomic E-state index is -5.94. The van der Waals surface area contributed by atoms with E-state index in [0.29, 0.717) is 12.8 Å². The first-order chi connectivity index (χ1) is 58.9. The van der Waals surface area contributed by atoms with Crippen LogP contribution in [0.15, 0.2) is 186 Å². The van der Waals surface area contributed by atoms with E-state index in [2.05, 4.69) is 225 Å². The maximum Gasteiger partial charge on any atom is 0.483 e. The van der Waals surface area contributed by atoms with Crippen molar-refractivity contribution in [2.24, 2.45) is 5.92 Å². The van der Waals surface area contributed by atoms with E-state index in [4.69, 9.17) is 23.3 Å². The monoisotopic (exact) mass is 1800 g/mol. The second-order valence-corrected chi connectivity index (χ2v) is 38.8. The topological polar surface area (TPSA) is 289 Å². The molecule has 24 heteroatoms. The van der Waals surface area contributed by atoms with Gasteiger partial charge >= 0.3 is 27.7 Å². The number of alkyl halides is 3. The van der Waals surface area contributed by atoms with Crippen LogP contribution in [0.2, 0.25) is 0 Å². The normalized spacial score (nSPS) is 22.8. The summed E-state index contributed by atoms with van der Waals surface area (Å²) in [5.41, 5.74) is 23.2. The summed E-state index contributed by atoms with van der Waals surface area (Å²) in [4.78, 5) is 45.1. The number of halogens is 3. The van der Waals surface area contributed by atoms with Crippen molar-refractivity contribution in [3.05, 3.63) is 186 Å². The van der Waals surface area contributed by atoms with Gasteiger partial charge in [0.2, 0.25) is 5.91 Å². The van der Waals surface area contributed by atoms with Gasteiger partial charge in [0.1, 0.15) is 48.7 Å². The van der Waals surface area contributed by atoms with Crippen molar-refractivity contribution in [1.29, 1.82) is 0 Å². The predicted octanol–water partition coefficient (Wildman–Crippen LogP) is 25.4. The minimum absolute atomic E-state index is 0.0657. The van der Waals surface area contributed by atoms with E-state index in [9.17, 15) is 67.2 Å². The second-order valence-electron chi connectivity index (χ2n) is 35.8. The van der Waals surface area contributed by atoms with Crippen LogP contribution in [-0.4, -0.2) is 134 Å². The highest BCUT2D eigenvalue weighted by molar-refractivity contribution is 7.61. The molecule has 19 nitrogen and oxygen atoms in total. The Labute approximate surface area is 751 Å². The van der Waals surface area contributed by atoms with Gasteiger partial charge in [0.15, 0.2) is 12.6 Å². The van der Waals surface area contributed by atoms with Crippen LogP contribution in [0, 0.1) is 5.92 Å². The first-order valence-electron chi connectivity index (χ1n) is 46.0. The van der Waals surface area contributed by atoms with E-state index < -0.39 is 115 Å². The largest absolute Gasteiger partial charge is 0.483 e. The molecule has 0 bridgehead atoms. The zero-order valence-electron chi connectivity index (χ0n) is 79.8. The number of carbonyl (C=O) groups is 2. The van der Waals surface area contributed by atoms with Gasteiger partial charge in [0.05, 0.1) is 19.8 Å². The zero-order valence-corrected chi connectivity index (χ0v) is 81.6. The van der Waals surface area contributed by atoms with Gasteiger partial charge in [0, 0.05) is 6.92 Å². The first kappa shape index (κ1) is 116. The van der Waals surface area contributed by atoms with Crippen molar-refractivity contribution in [1.82, 2.24) is 10.6 Å². The fourth-order valence-corrected chi connectivity index (χ4v) is 16.8. The maximum absolute atomic E-state index is 13.5. The summed E-state index contributed by atoms with van der Waals surface area (Å²) in [6, 6.07) is -4.20. The smallest absolute Gasteiger partial charge is 0.394 e. The van der Waals surface area contributed by atoms with Gasteiger partial charge in [-0.2, -0.15) is 17.5 Å². The van der Waals surface area contributed by atoms with Gasteiger partial charge in [-0.1, -0.05) is 193 Å². The average Bonchev–Trinajstić information content (AvgIpc) is 0.767. The van der Waals surface area contributed by atoms with E-state index in [1.54, 1.807) is 0 Å². The Morgan fingerprint density at radius 3 is 0.896 bits per heavy atom. The Kier molecular flexibility index (Phi) is 59.5. The molecule has 0 saturated carbocycles. The molecule has 0 radical (unpaired) electrons. The number of carbonyl (C=O) groups excluding carboxylic acids is 2. The molecule has 2 fully saturated rings. The first-order valence-corrected chi connectivity index (χ1v) is 49.0. The molecule has 0 spiro atoms. The molecule has 0 aromatic carbocycles. The number of rotatable bonds is 62. The third-order valence-corrected chi connectivity index (χ3v) is 25.6. The van der Waals surface area contributed by atoms with Gasteiger partial charge in [-0.05, 0) is 336 Å². The molecule has 9 N–H and O–H groups in total. The number of aliphatic hydroxyl groups is 5. The van der Waals surface area contributed by atoms with Crippen molar-refractivity contribution in [3.8, 4) is 0 Å². The molecular formula is C101H165F3N2O17P2. The summed E-state index contributed by atoms with van der Waals surface area (Å²) in [7, 11) is -11.4. The van der Waals surface area contributed by atoms with Crippen LogP contribution in [-0.2, 0) is 46.3 Å². The summed E-state index contributed by atoms with van der Waals surface area (Å²) >= 11 is 0. The number of nitrogens with one attached hydrogen (secondary N) is 2. The zero-order chi connectivity index (χ0) is 93.7. The molecule has 0 aliphatic carbocycles. The summed E-state index contributed by atoms with van der Waals surface area (Å²) in [6.07, 6.45) is 50.7. The van der Waals surface area contributed by atoms with E-state index >= 15 is 0 Å². The Hall–Kier alpha value is -5.49. The van der Waals surface area contributed by atoms with Crippen LogP contribution in [0.3, 0.4) is 0 Å². The molecule has 0 aromatic heterocycles.